The summed E-state index contributed by atoms with van der Waals surface area (Å²) in [4.78, 5) is 13.6. The molecule has 6 rings (SSSR count). The van der Waals surface area contributed by atoms with E-state index in [2.05, 4.69) is 36.1 Å². The van der Waals surface area contributed by atoms with Crippen molar-refractivity contribution in [3.05, 3.63) is 64.8 Å². The van der Waals surface area contributed by atoms with E-state index in [1.54, 1.807) is 6.07 Å². The van der Waals surface area contributed by atoms with Crippen LogP contribution in [0, 0.1) is 5.82 Å². The zero-order valence-corrected chi connectivity index (χ0v) is 25.4. The summed E-state index contributed by atoms with van der Waals surface area (Å²) in [6, 6.07) is 9.07. The van der Waals surface area contributed by atoms with Crippen LogP contribution >= 0.6 is 23.2 Å². The molecule has 2 fully saturated rings. The van der Waals surface area contributed by atoms with Gasteiger partial charge in [0, 0.05) is 50.0 Å². The molecule has 2 aromatic carbocycles. The van der Waals surface area contributed by atoms with E-state index in [0.29, 0.717) is 34.0 Å². The van der Waals surface area contributed by atoms with Crippen LogP contribution in [0.15, 0.2) is 53.8 Å². The molecule has 3 heterocycles. The Morgan fingerprint density at radius 1 is 0.952 bits per heavy atom. The van der Waals surface area contributed by atoms with Crippen LogP contribution in [0.5, 0.6) is 0 Å². The molecule has 0 bridgehead atoms. The van der Waals surface area contributed by atoms with Gasteiger partial charge in [0.1, 0.15) is 23.6 Å². The second kappa shape index (κ2) is 11.6. The van der Waals surface area contributed by atoms with Gasteiger partial charge in [0.2, 0.25) is 0 Å². The van der Waals surface area contributed by atoms with Gasteiger partial charge in [-0.3, -0.25) is 9.62 Å². The maximum Gasteiger partial charge on any atom is 0.262 e. The van der Waals surface area contributed by atoms with Crippen molar-refractivity contribution in [2.75, 3.05) is 43.7 Å². The largest absolute Gasteiger partial charge is 0.383 e. The number of sulfonamides is 1. The second-order valence-corrected chi connectivity index (χ2v) is 13.6. The number of nitrogen functional groups attached to an aromatic ring is 1. The number of hydrogen-bond donors (Lipinski definition) is 2. The Bertz CT molecular complexity index is 1730. The van der Waals surface area contributed by atoms with Crippen LogP contribution in [0.4, 0.5) is 15.9 Å². The molecule has 1 aliphatic heterocycles. The normalized spacial score (nSPS) is 20.7. The zero-order chi connectivity index (χ0) is 29.6. The molecule has 1 aliphatic carbocycles. The van der Waals surface area contributed by atoms with Crippen LogP contribution in [-0.2, 0) is 10.0 Å². The molecular weight excluding hydrogens is 600 g/mol. The highest BCUT2D eigenvalue weighted by molar-refractivity contribution is 7.92. The SMILES string of the molecule is CN1CCN(C2CCC(n3cc(-c4ccc(NS(=O)(=O)c5ccc(Cl)c(Cl)c5)c(F)c4)c4c(N)ncnc43)CC2)CC1. The number of benzene rings is 2. The number of nitrogens with two attached hydrogens (primary N) is 1. The van der Waals surface area contributed by atoms with E-state index in [4.69, 9.17) is 28.9 Å². The van der Waals surface area contributed by atoms with Gasteiger partial charge < -0.3 is 15.2 Å². The summed E-state index contributed by atoms with van der Waals surface area (Å²) < 4.78 is 45.6. The molecule has 0 spiro atoms. The van der Waals surface area contributed by atoms with Crippen molar-refractivity contribution in [2.45, 2.75) is 42.7 Å². The number of likely N-dealkylation sites (N-methyl/N-ethyl adjacent to an activating group) is 1. The van der Waals surface area contributed by atoms with Crippen LogP contribution in [0.2, 0.25) is 10.0 Å². The maximum atomic E-state index is 15.4. The lowest BCUT2D eigenvalue weighted by Gasteiger charge is -2.41. The van der Waals surface area contributed by atoms with Crippen molar-refractivity contribution in [2.24, 2.45) is 0 Å². The van der Waals surface area contributed by atoms with Crippen molar-refractivity contribution < 1.29 is 12.8 Å². The molecule has 3 N–H and O–H groups in total. The van der Waals surface area contributed by atoms with Crippen LogP contribution in [-0.4, -0.2) is 72.0 Å². The molecule has 4 aromatic rings. The topological polar surface area (TPSA) is 109 Å². The quantitative estimate of drug-likeness (QED) is 0.283. The molecular formula is C29H32Cl2FN7O2S. The van der Waals surface area contributed by atoms with Gasteiger partial charge in [0.05, 0.1) is 26.0 Å². The van der Waals surface area contributed by atoms with E-state index in [1.807, 2.05) is 6.20 Å². The molecule has 42 heavy (non-hydrogen) atoms. The van der Waals surface area contributed by atoms with E-state index in [1.165, 1.54) is 36.7 Å². The number of anilines is 2. The minimum Gasteiger partial charge on any atom is -0.383 e. The van der Waals surface area contributed by atoms with E-state index >= 15 is 4.39 Å². The van der Waals surface area contributed by atoms with Crippen LogP contribution in [0.1, 0.15) is 31.7 Å². The summed E-state index contributed by atoms with van der Waals surface area (Å²) in [5.74, 6) is -0.426. The Kier molecular flexibility index (Phi) is 8.05. The smallest absolute Gasteiger partial charge is 0.262 e. The highest BCUT2D eigenvalue weighted by atomic mass is 35.5. The van der Waals surface area contributed by atoms with Gasteiger partial charge in [-0.05, 0) is 68.6 Å². The Morgan fingerprint density at radius 2 is 1.67 bits per heavy atom. The standard InChI is InChI=1S/C29H32Cl2FN7O2S/c1-37-10-12-38(13-11-37)19-3-5-20(6-4-19)39-16-22(27-28(33)34-17-35-29(27)39)18-2-9-26(25(32)14-18)36-42(40,41)21-7-8-23(30)24(31)15-21/h2,7-9,14-17,19-20,36H,3-6,10-13H2,1H3,(H2,33,34,35). The van der Waals surface area contributed by atoms with E-state index in [9.17, 15) is 8.42 Å². The molecule has 2 aliphatic rings. The number of fused-ring (bicyclic) bond motifs is 1. The van der Waals surface area contributed by atoms with Gasteiger partial charge in [-0.1, -0.05) is 29.3 Å². The van der Waals surface area contributed by atoms with E-state index in [-0.39, 0.29) is 26.7 Å². The first kappa shape index (κ1) is 29.1. The van der Waals surface area contributed by atoms with Crippen molar-refractivity contribution in [1.82, 2.24) is 24.3 Å². The molecule has 0 radical (unpaired) electrons. The lowest BCUT2D eigenvalue weighted by atomic mass is 9.89. The molecule has 222 valence electrons. The van der Waals surface area contributed by atoms with Crippen LogP contribution in [0.3, 0.4) is 0 Å². The Hall–Kier alpha value is -2.96. The fourth-order valence-corrected chi connectivity index (χ4v) is 7.56. The Morgan fingerprint density at radius 3 is 2.36 bits per heavy atom. The molecule has 1 saturated heterocycles. The maximum absolute atomic E-state index is 15.4. The van der Waals surface area contributed by atoms with Crippen molar-refractivity contribution in [3.63, 3.8) is 0 Å². The number of hydrogen-bond acceptors (Lipinski definition) is 7. The van der Waals surface area contributed by atoms with Gasteiger partial charge in [0.15, 0.2) is 0 Å². The molecule has 1 saturated carbocycles. The molecule has 0 amide bonds. The summed E-state index contributed by atoms with van der Waals surface area (Å²) in [5.41, 5.74) is 8.08. The summed E-state index contributed by atoms with van der Waals surface area (Å²) in [7, 11) is -1.93. The fraction of sp³-hybridized carbons (Fsp3) is 0.379. The van der Waals surface area contributed by atoms with Gasteiger partial charge >= 0.3 is 0 Å². The third kappa shape index (κ3) is 5.68. The first-order valence-electron chi connectivity index (χ1n) is 13.9. The fourth-order valence-electron chi connectivity index (χ4n) is 6.11. The molecule has 0 unspecified atom stereocenters. The number of aromatic nitrogens is 3. The lowest BCUT2D eigenvalue weighted by molar-refractivity contribution is 0.0828. The van der Waals surface area contributed by atoms with E-state index in [0.717, 1.165) is 51.9 Å². The summed E-state index contributed by atoms with van der Waals surface area (Å²) in [6.07, 6.45) is 7.65. The monoisotopic (exact) mass is 631 g/mol. The minimum atomic E-state index is -4.10. The van der Waals surface area contributed by atoms with Gasteiger partial charge in [-0.15, -0.1) is 0 Å². The number of nitrogens with zero attached hydrogens (tertiary/aromatic N) is 5. The van der Waals surface area contributed by atoms with E-state index < -0.39 is 15.8 Å². The average Bonchev–Trinajstić information content (AvgIpc) is 3.37. The number of rotatable bonds is 6. The molecule has 9 nitrogen and oxygen atoms in total. The van der Waals surface area contributed by atoms with Gasteiger partial charge in [0.25, 0.3) is 10.0 Å². The van der Waals surface area contributed by atoms with Crippen molar-refractivity contribution in [1.29, 1.82) is 0 Å². The van der Waals surface area contributed by atoms with Crippen LogP contribution < -0.4 is 10.5 Å². The Labute approximate surface area is 254 Å². The van der Waals surface area contributed by atoms with Gasteiger partial charge in [-0.2, -0.15) is 0 Å². The first-order valence-corrected chi connectivity index (χ1v) is 16.2. The van der Waals surface area contributed by atoms with Crippen LogP contribution in [0.25, 0.3) is 22.2 Å². The predicted molar refractivity (Wildman–Crippen MR) is 165 cm³/mol. The summed E-state index contributed by atoms with van der Waals surface area (Å²) in [6.45, 7) is 4.43. The van der Waals surface area contributed by atoms with Crippen molar-refractivity contribution >= 4 is 55.8 Å². The second-order valence-electron chi connectivity index (χ2n) is 11.1. The lowest BCUT2D eigenvalue weighted by Crippen LogP contribution is -2.49. The third-order valence-electron chi connectivity index (χ3n) is 8.48. The summed E-state index contributed by atoms with van der Waals surface area (Å²) >= 11 is 11.9. The predicted octanol–water partition coefficient (Wildman–Crippen LogP) is 5.66. The molecule has 13 heteroatoms. The zero-order valence-electron chi connectivity index (χ0n) is 23.1. The first-order chi connectivity index (χ1) is 20.1. The highest BCUT2D eigenvalue weighted by Gasteiger charge is 2.30. The highest BCUT2D eigenvalue weighted by Crippen LogP contribution is 2.40. The molecule has 0 atom stereocenters. The van der Waals surface area contributed by atoms with Crippen molar-refractivity contribution in [3.8, 4) is 11.1 Å². The minimum absolute atomic E-state index is 0.0828. The molecule has 2 aromatic heterocycles. The Balaban J connectivity index is 1.26. The number of halogens is 3. The summed E-state index contributed by atoms with van der Waals surface area (Å²) in [5, 5.41) is 0.957. The third-order valence-corrected chi connectivity index (χ3v) is 10.6. The average molecular weight is 633 g/mol. The number of piperazine rings is 1. The van der Waals surface area contributed by atoms with Gasteiger partial charge in [-0.25, -0.2) is 22.8 Å². The number of nitrogens with one attached hydrogen (secondary N) is 1.